The van der Waals surface area contributed by atoms with Crippen molar-refractivity contribution in [2.75, 3.05) is 18.2 Å². The van der Waals surface area contributed by atoms with Crippen molar-refractivity contribution in [3.05, 3.63) is 76.1 Å². The Labute approximate surface area is 188 Å². The number of hydrogen-bond donors (Lipinski definition) is 2. The third-order valence-electron chi connectivity index (χ3n) is 4.90. The number of amides is 2. The van der Waals surface area contributed by atoms with Crippen molar-refractivity contribution in [2.24, 2.45) is 5.92 Å². The number of esters is 1. The second kappa shape index (κ2) is 10.1. The summed E-state index contributed by atoms with van der Waals surface area (Å²) in [6.07, 6.45) is 0. The lowest BCUT2D eigenvalue weighted by Gasteiger charge is -2.31. The van der Waals surface area contributed by atoms with Crippen LogP contribution in [-0.2, 0) is 19.1 Å². The van der Waals surface area contributed by atoms with E-state index in [4.69, 9.17) is 4.74 Å². The third kappa shape index (κ3) is 5.15. The molecule has 1 heterocycles. The second-order valence-corrected chi connectivity index (χ2v) is 8.06. The van der Waals surface area contributed by atoms with E-state index in [1.165, 1.54) is 31.4 Å². The summed E-state index contributed by atoms with van der Waals surface area (Å²) in [7, 11) is 1.18. The molecule has 2 N–H and O–H groups in total. The van der Waals surface area contributed by atoms with Gasteiger partial charge in [0.2, 0.25) is 11.8 Å². The van der Waals surface area contributed by atoms with E-state index < -0.39 is 35.4 Å². The molecular formula is C23H20FN3O4S. The summed E-state index contributed by atoms with van der Waals surface area (Å²) in [5, 5.41) is 15.3. The maximum absolute atomic E-state index is 13.0. The number of anilines is 1. The normalized spacial score (nSPS) is 17.9. The molecule has 0 saturated carbocycles. The van der Waals surface area contributed by atoms with E-state index in [1.54, 1.807) is 12.1 Å². The van der Waals surface area contributed by atoms with E-state index in [0.29, 0.717) is 11.3 Å². The first-order valence-corrected chi connectivity index (χ1v) is 10.6. The average Bonchev–Trinajstić information content (AvgIpc) is 2.78. The number of aryl methyl sites for hydroxylation is 1. The first-order valence-electron chi connectivity index (χ1n) is 9.61. The summed E-state index contributed by atoms with van der Waals surface area (Å²) in [5.74, 6) is -4.36. The Kier molecular flexibility index (Phi) is 7.28. The summed E-state index contributed by atoms with van der Waals surface area (Å²) < 4.78 is 17.8. The summed E-state index contributed by atoms with van der Waals surface area (Å²) in [6.45, 7) is 1.90. The maximum atomic E-state index is 13.0. The van der Waals surface area contributed by atoms with Gasteiger partial charge in [-0.25, -0.2) is 4.39 Å². The highest BCUT2D eigenvalue weighted by Crippen LogP contribution is 2.40. The van der Waals surface area contributed by atoms with Gasteiger partial charge in [0.15, 0.2) is 0 Å². The minimum Gasteiger partial charge on any atom is -0.468 e. The van der Waals surface area contributed by atoms with Gasteiger partial charge < -0.3 is 15.4 Å². The Bertz CT molecular complexity index is 1110. The van der Waals surface area contributed by atoms with Gasteiger partial charge in [-0.15, -0.1) is 0 Å². The number of halogens is 1. The summed E-state index contributed by atoms with van der Waals surface area (Å²) in [5.41, 5.74) is 2.19. The van der Waals surface area contributed by atoms with Crippen molar-refractivity contribution in [3.63, 3.8) is 0 Å². The van der Waals surface area contributed by atoms with Crippen LogP contribution in [0.2, 0.25) is 0 Å². The number of methoxy groups -OCH3 is 1. The van der Waals surface area contributed by atoms with E-state index in [9.17, 15) is 24.0 Å². The lowest BCUT2D eigenvalue weighted by atomic mass is 9.78. The van der Waals surface area contributed by atoms with E-state index in [2.05, 4.69) is 16.7 Å². The molecule has 0 fully saturated rings. The van der Waals surface area contributed by atoms with E-state index in [0.717, 1.165) is 17.3 Å². The molecular weight excluding hydrogens is 433 g/mol. The van der Waals surface area contributed by atoms with Crippen LogP contribution in [0.25, 0.3) is 0 Å². The number of hydrogen-bond acceptors (Lipinski definition) is 6. The topological polar surface area (TPSA) is 108 Å². The quantitative estimate of drug-likeness (QED) is 0.514. The third-order valence-corrected chi connectivity index (χ3v) is 5.91. The monoisotopic (exact) mass is 453 g/mol. The molecule has 0 radical (unpaired) electrons. The van der Waals surface area contributed by atoms with Crippen molar-refractivity contribution in [2.45, 2.75) is 12.8 Å². The number of nitrogens with one attached hydrogen (secondary N) is 2. The number of allylic oxidation sites excluding steroid dienone is 1. The van der Waals surface area contributed by atoms with Gasteiger partial charge in [0.05, 0.1) is 29.5 Å². The SMILES string of the molecule is COC(=O)C1C(=O)NC(SCC(=O)Nc2ccc(F)cc2)=C(C#N)C1c1ccc(C)cc1. The Hall–Kier alpha value is -3.64. The van der Waals surface area contributed by atoms with Crippen molar-refractivity contribution in [1.82, 2.24) is 5.32 Å². The fourth-order valence-corrected chi connectivity index (χ4v) is 4.17. The summed E-state index contributed by atoms with van der Waals surface area (Å²) >= 11 is 0.974. The van der Waals surface area contributed by atoms with Crippen LogP contribution in [0, 0.1) is 30.0 Å². The molecule has 2 unspecified atom stereocenters. The largest absolute Gasteiger partial charge is 0.468 e. The molecule has 2 aromatic rings. The zero-order valence-electron chi connectivity index (χ0n) is 17.3. The molecule has 0 spiro atoms. The molecule has 0 aromatic heterocycles. The molecule has 1 aliphatic rings. The smallest absolute Gasteiger partial charge is 0.319 e. The fraction of sp³-hybridized carbons (Fsp3) is 0.217. The zero-order valence-corrected chi connectivity index (χ0v) is 18.2. The van der Waals surface area contributed by atoms with Gasteiger partial charge in [-0.3, -0.25) is 14.4 Å². The van der Waals surface area contributed by atoms with Gasteiger partial charge in [0.25, 0.3) is 0 Å². The Balaban J connectivity index is 1.87. The van der Waals surface area contributed by atoms with Crippen molar-refractivity contribution in [3.8, 4) is 6.07 Å². The minimum atomic E-state index is -1.23. The van der Waals surface area contributed by atoms with Crippen LogP contribution in [-0.4, -0.2) is 30.6 Å². The van der Waals surface area contributed by atoms with Crippen LogP contribution < -0.4 is 10.6 Å². The van der Waals surface area contributed by atoms with Crippen molar-refractivity contribution >= 4 is 35.2 Å². The highest BCUT2D eigenvalue weighted by molar-refractivity contribution is 8.03. The molecule has 2 aromatic carbocycles. The van der Waals surface area contributed by atoms with Gasteiger partial charge in [0.1, 0.15) is 11.7 Å². The number of rotatable bonds is 6. The highest BCUT2D eigenvalue weighted by atomic mass is 32.2. The van der Waals surface area contributed by atoms with Crippen LogP contribution in [0.1, 0.15) is 17.0 Å². The molecule has 164 valence electrons. The second-order valence-electron chi connectivity index (χ2n) is 7.08. The van der Waals surface area contributed by atoms with Crippen LogP contribution in [0.4, 0.5) is 10.1 Å². The lowest BCUT2D eigenvalue weighted by Crippen LogP contribution is -2.44. The molecule has 7 nitrogen and oxygen atoms in total. The van der Waals surface area contributed by atoms with Crippen LogP contribution >= 0.6 is 11.8 Å². The highest BCUT2D eigenvalue weighted by Gasteiger charge is 2.44. The van der Waals surface area contributed by atoms with Crippen LogP contribution in [0.3, 0.4) is 0 Å². The number of nitriles is 1. The number of benzene rings is 2. The average molecular weight is 453 g/mol. The van der Waals surface area contributed by atoms with E-state index in [-0.39, 0.29) is 16.4 Å². The molecule has 32 heavy (non-hydrogen) atoms. The first-order chi connectivity index (χ1) is 15.3. The molecule has 2 atom stereocenters. The summed E-state index contributed by atoms with van der Waals surface area (Å²) in [6, 6.07) is 14.6. The standard InChI is InChI=1S/C23H20FN3O4S/c1-13-3-5-14(6-4-13)19-17(11-25)22(27-21(29)20(19)23(30)31-2)32-12-18(28)26-16-9-7-15(24)8-10-16/h3-10,19-20H,12H2,1-2H3,(H,26,28)(H,27,29). The van der Waals surface area contributed by atoms with Crippen LogP contribution in [0.5, 0.6) is 0 Å². The lowest BCUT2D eigenvalue weighted by molar-refractivity contribution is -0.150. The predicted octanol–water partition coefficient (Wildman–Crippen LogP) is 3.24. The Morgan fingerprint density at radius 1 is 1.19 bits per heavy atom. The fourth-order valence-electron chi connectivity index (χ4n) is 3.32. The minimum absolute atomic E-state index is 0.109. The van der Waals surface area contributed by atoms with Crippen LogP contribution in [0.15, 0.2) is 59.1 Å². The predicted molar refractivity (Wildman–Crippen MR) is 118 cm³/mol. The van der Waals surface area contributed by atoms with Gasteiger partial charge in [0, 0.05) is 11.6 Å². The molecule has 0 bridgehead atoms. The maximum Gasteiger partial charge on any atom is 0.319 e. The Morgan fingerprint density at radius 3 is 2.44 bits per heavy atom. The van der Waals surface area contributed by atoms with Gasteiger partial charge >= 0.3 is 5.97 Å². The number of ether oxygens (including phenoxy) is 1. The van der Waals surface area contributed by atoms with Crippen molar-refractivity contribution < 1.29 is 23.5 Å². The molecule has 2 amide bonds. The van der Waals surface area contributed by atoms with Gasteiger partial charge in [-0.2, -0.15) is 5.26 Å². The van der Waals surface area contributed by atoms with Gasteiger partial charge in [-0.1, -0.05) is 41.6 Å². The molecule has 3 rings (SSSR count). The first kappa shape index (κ1) is 23.0. The van der Waals surface area contributed by atoms with Crippen molar-refractivity contribution in [1.29, 1.82) is 5.26 Å². The number of thioether (sulfide) groups is 1. The van der Waals surface area contributed by atoms with Gasteiger partial charge in [-0.05, 0) is 36.8 Å². The summed E-state index contributed by atoms with van der Waals surface area (Å²) in [4.78, 5) is 37.5. The number of carbonyl (C=O) groups is 3. The number of carbonyl (C=O) groups excluding carboxylic acids is 3. The molecule has 1 aliphatic heterocycles. The number of nitrogens with zero attached hydrogens (tertiary/aromatic N) is 1. The molecule has 0 saturated heterocycles. The van der Waals surface area contributed by atoms with E-state index in [1.807, 2.05) is 19.1 Å². The zero-order chi connectivity index (χ0) is 23.3. The molecule has 0 aliphatic carbocycles. The molecule has 9 heteroatoms. The Morgan fingerprint density at radius 2 is 1.84 bits per heavy atom. The van der Waals surface area contributed by atoms with E-state index >= 15 is 0 Å².